The minimum Gasteiger partial charge on any atom is -1.00 e. The summed E-state index contributed by atoms with van der Waals surface area (Å²) in [5, 5.41) is 7.10. The summed E-state index contributed by atoms with van der Waals surface area (Å²) in [7, 11) is 0. The number of halogens is 4. The van der Waals surface area contributed by atoms with Crippen molar-refractivity contribution in [2.24, 2.45) is 11.3 Å². The van der Waals surface area contributed by atoms with Crippen LogP contribution in [0.25, 0.3) is 21.5 Å². The van der Waals surface area contributed by atoms with E-state index in [1.54, 1.807) is 0 Å². The van der Waals surface area contributed by atoms with E-state index < -0.39 is 0 Å². The molecular weight excluding hydrogens is 894 g/mol. The van der Waals surface area contributed by atoms with Gasteiger partial charge >= 0.3 is 120 Å². The number of fused-ring (bicyclic) bond motifs is 3. The Balaban J connectivity index is 0.000000338. The summed E-state index contributed by atoms with van der Waals surface area (Å²) in [6.07, 6.45) is 11.9. The Bertz CT molecular complexity index is 2110. The fourth-order valence-electron chi connectivity index (χ4n) is 7.55. The molecule has 0 bridgehead atoms. The third-order valence-electron chi connectivity index (χ3n) is 11.0. The van der Waals surface area contributed by atoms with Crippen LogP contribution in [-0.2, 0) is 45.9 Å². The minimum absolute atomic E-state index is 0. The van der Waals surface area contributed by atoms with Crippen molar-refractivity contribution in [2.45, 2.75) is 152 Å². The van der Waals surface area contributed by atoms with E-state index in [0.717, 1.165) is 10.0 Å². The zero-order valence-electron chi connectivity index (χ0n) is 39.4. The molecule has 1 unspecified atom stereocenters. The van der Waals surface area contributed by atoms with Gasteiger partial charge in [-0.2, -0.15) is 11.6 Å². The van der Waals surface area contributed by atoms with Crippen LogP contribution in [0.3, 0.4) is 0 Å². The molecule has 1 aliphatic rings. The molecule has 324 valence electrons. The molecule has 0 aromatic heterocycles. The van der Waals surface area contributed by atoms with Gasteiger partial charge in [-0.05, 0) is 21.7 Å². The monoisotopic (exact) mass is 960 g/mol. The van der Waals surface area contributed by atoms with Crippen molar-refractivity contribution in [3.8, 4) is 0 Å². The maximum absolute atomic E-state index is 5.86. The van der Waals surface area contributed by atoms with E-state index in [9.17, 15) is 0 Å². The second kappa shape index (κ2) is 21.2. The summed E-state index contributed by atoms with van der Waals surface area (Å²) in [5.74, 6) is 0.592. The Morgan fingerprint density at radius 3 is 1.22 bits per heavy atom. The van der Waals surface area contributed by atoms with Crippen molar-refractivity contribution in [2.75, 3.05) is 0 Å². The Morgan fingerprint density at radius 2 is 0.917 bits per heavy atom. The van der Waals surface area contributed by atoms with Crippen LogP contribution in [0.1, 0.15) is 163 Å². The molecule has 6 rings (SSSR count). The number of benzene rings is 4. The molecule has 0 radical (unpaired) electrons. The summed E-state index contributed by atoms with van der Waals surface area (Å²) in [6.45, 7) is 37.1. The standard InChI is InChI=1S/C29H41.C13H8Cl2.C13H21.2ClH.Zr/c1-26(2,3)22-14-18-13-19-15-23(27(4,5)6)25(29(10,11)12)17-21(19)20(18)16-24(22)28(7,8)9;14-12-5-1-10(2-6-12)9-11-3-7-13(15)8-4-11;1-5-6-7-11-8-9-12(10-11)13(2,3)4;;;/h13-17H,1-12H3;1-8H;9-11H,5-7H2,1-4H3;2*1H;/q-1;;-1;;;+2/p-2. The Kier molecular flexibility index (Phi) is 19.2. The molecule has 60 heavy (non-hydrogen) atoms. The summed E-state index contributed by atoms with van der Waals surface area (Å²) in [4.78, 5) is 0. The van der Waals surface area contributed by atoms with E-state index in [1.807, 2.05) is 48.5 Å². The molecule has 5 aromatic rings. The molecule has 0 N–H and O–H groups in total. The van der Waals surface area contributed by atoms with Crippen LogP contribution in [0.5, 0.6) is 0 Å². The summed E-state index contributed by atoms with van der Waals surface area (Å²) < 4.78 is 1.31. The number of unbranched alkanes of at least 4 members (excludes halogenated alkanes) is 1. The maximum Gasteiger partial charge on any atom is -1.00 e. The van der Waals surface area contributed by atoms with E-state index in [0.29, 0.717) is 11.3 Å². The van der Waals surface area contributed by atoms with Crippen molar-refractivity contribution >= 4 is 48.0 Å². The molecule has 0 aliphatic heterocycles. The average molecular weight is 964 g/mol. The van der Waals surface area contributed by atoms with Crippen molar-refractivity contribution < 1.29 is 49.0 Å². The molecule has 0 saturated carbocycles. The van der Waals surface area contributed by atoms with Crippen molar-refractivity contribution in [3.63, 3.8) is 0 Å². The quantitative estimate of drug-likeness (QED) is 0.154. The first-order chi connectivity index (χ1) is 26.6. The molecule has 5 aromatic carbocycles. The first-order valence-corrected chi connectivity index (χ1v) is 23.2. The van der Waals surface area contributed by atoms with Gasteiger partial charge < -0.3 is 24.8 Å². The number of hydrogen-bond acceptors (Lipinski definition) is 0. The number of hydrogen-bond donors (Lipinski definition) is 0. The Morgan fingerprint density at radius 1 is 0.567 bits per heavy atom. The SMILES string of the molecule is CC(C)(C)c1cc2[cH-]c3cc(C(C)(C)C)c(C(C)(C)C)cc3c2cc1C(C)(C)C.CCCCC1[C-]=CC(C(C)(C)C)=C1.Clc1ccc([C](=[Zr+2])c2ccc(Cl)cc2)cc1.[Cl-].[Cl-]. The van der Waals surface area contributed by atoms with Crippen LogP contribution >= 0.6 is 23.2 Å². The van der Waals surface area contributed by atoms with Crippen molar-refractivity contribution in [1.82, 2.24) is 0 Å². The van der Waals surface area contributed by atoms with Gasteiger partial charge in [0.05, 0.1) is 0 Å². The molecule has 0 spiro atoms. The third-order valence-corrected chi connectivity index (χ3v) is 13.0. The van der Waals surface area contributed by atoms with Gasteiger partial charge in [-0.15, -0.1) is 39.7 Å². The van der Waals surface area contributed by atoms with Crippen LogP contribution in [0.2, 0.25) is 10.0 Å². The van der Waals surface area contributed by atoms with Gasteiger partial charge in [0.15, 0.2) is 0 Å². The van der Waals surface area contributed by atoms with Crippen LogP contribution in [0.4, 0.5) is 0 Å². The van der Waals surface area contributed by atoms with Gasteiger partial charge in [-0.25, -0.2) is 6.08 Å². The maximum atomic E-state index is 5.86. The fourth-order valence-corrected chi connectivity index (χ4v) is 8.63. The predicted octanol–water partition coefficient (Wildman–Crippen LogP) is 11.2. The first kappa shape index (κ1) is 54.3. The zero-order valence-corrected chi connectivity index (χ0v) is 44.9. The predicted molar refractivity (Wildman–Crippen MR) is 256 cm³/mol. The molecule has 1 atom stereocenters. The molecule has 0 fully saturated rings. The average Bonchev–Trinajstić information content (AvgIpc) is 3.74. The van der Waals surface area contributed by atoms with Gasteiger partial charge in [-0.3, -0.25) is 6.08 Å². The zero-order chi connectivity index (χ0) is 43.6. The Labute approximate surface area is 402 Å². The summed E-state index contributed by atoms with van der Waals surface area (Å²) in [6, 6.07) is 28.1. The second-order valence-corrected chi connectivity index (χ2v) is 23.5. The van der Waals surface area contributed by atoms with Gasteiger partial charge in [-0.1, -0.05) is 176 Å². The van der Waals surface area contributed by atoms with E-state index >= 15 is 0 Å². The molecular formula is C55H70Cl4Zr-2. The van der Waals surface area contributed by atoms with Crippen LogP contribution in [-0.4, -0.2) is 3.21 Å². The summed E-state index contributed by atoms with van der Waals surface area (Å²) in [5.41, 5.74) is 10.6. The topological polar surface area (TPSA) is 0 Å². The van der Waals surface area contributed by atoms with E-state index in [-0.39, 0.29) is 46.5 Å². The molecule has 5 heteroatoms. The first-order valence-electron chi connectivity index (χ1n) is 21.3. The Hall–Kier alpha value is -1.86. The second-order valence-electron chi connectivity index (χ2n) is 21.4. The van der Waals surface area contributed by atoms with Crippen molar-refractivity contribution in [3.05, 3.63) is 146 Å². The van der Waals surface area contributed by atoms with Crippen LogP contribution in [0.15, 0.2) is 96.6 Å². The molecule has 0 saturated heterocycles. The van der Waals surface area contributed by atoms with Gasteiger partial charge in [0, 0.05) is 0 Å². The fraction of sp³-hybridized carbons (Fsp3) is 0.455. The van der Waals surface area contributed by atoms with Gasteiger partial charge in [0.1, 0.15) is 0 Å². The normalized spacial score (nSPS) is 14.4. The molecule has 0 amide bonds. The van der Waals surface area contributed by atoms with Gasteiger partial charge in [0.25, 0.3) is 0 Å². The van der Waals surface area contributed by atoms with E-state index in [1.165, 1.54) is 107 Å². The minimum atomic E-state index is 0. The van der Waals surface area contributed by atoms with Crippen LogP contribution < -0.4 is 24.8 Å². The number of allylic oxidation sites excluding steroid dienone is 4. The van der Waals surface area contributed by atoms with Crippen molar-refractivity contribution in [1.29, 1.82) is 0 Å². The molecule has 1 aliphatic carbocycles. The van der Waals surface area contributed by atoms with E-state index in [2.05, 4.69) is 159 Å². The molecule has 0 nitrogen and oxygen atoms in total. The molecule has 0 heterocycles. The van der Waals surface area contributed by atoms with Gasteiger partial charge in [0.2, 0.25) is 0 Å². The smallest absolute Gasteiger partial charge is 1.00 e. The summed E-state index contributed by atoms with van der Waals surface area (Å²) >= 11 is 13.1. The van der Waals surface area contributed by atoms with Crippen LogP contribution in [0, 0.1) is 17.4 Å². The largest absolute Gasteiger partial charge is 1.00 e. The van der Waals surface area contributed by atoms with E-state index in [4.69, 9.17) is 23.2 Å². The third kappa shape index (κ3) is 14.3. The number of rotatable bonds is 5.